The lowest BCUT2D eigenvalue weighted by Gasteiger charge is -2.26. The standard InChI is InChI=1S/C13H18N2O2/c1-9-7-10(12(16)17)8-11(14-9)15-13(2)5-3-4-6-13/h7-8H,3-6H2,1-2H3,(H,14,15)(H,16,17). The third-order valence-electron chi connectivity index (χ3n) is 3.34. The Hall–Kier alpha value is -1.58. The Morgan fingerprint density at radius 2 is 2.06 bits per heavy atom. The molecule has 0 radical (unpaired) electrons. The summed E-state index contributed by atoms with van der Waals surface area (Å²) >= 11 is 0. The predicted molar refractivity (Wildman–Crippen MR) is 66.4 cm³/mol. The van der Waals surface area contributed by atoms with E-state index in [0.29, 0.717) is 11.4 Å². The van der Waals surface area contributed by atoms with Gasteiger partial charge in [0.05, 0.1) is 5.56 Å². The SMILES string of the molecule is Cc1cc(C(=O)O)cc(NC2(C)CCCC2)n1. The fourth-order valence-corrected chi connectivity index (χ4v) is 2.45. The van der Waals surface area contributed by atoms with E-state index in [1.807, 2.05) is 6.92 Å². The van der Waals surface area contributed by atoms with Crippen LogP contribution in [0.1, 0.15) is 48.7 Å². The van der Waals surface area contributed by atoms with Crippen molar-refractivity contribution in [1.29, 1.82) is 0 Å². The van der Waals surface area contributed by atoms with Crippen molar-refractivity contribution >= 4 is 11.8 Å². The Bertz CT molecular complexity index is 437. The fourth-order valence-electron chi connectivity index (χ4n) is 2.45. The minimum Gasteiger partial charge on any atom is -0.478 e. The van der Waals surface area contributed by atoms with Crippen molar-refractivity contribution in [2.24, 2.45) is 0 Å². The Kier molecular flexibility index (Phi) is 3.05. The first-order valence-electron chi connectivity index (χ1n) is 5.99. The first-order chi connectivity index (χ1) is 7.98. The van der Waals surface area contributed by atoms with Gasteiger partial charge in [0.15, 0.2) is 0 Å². The number of hydrogen-bond acceptors (Lipinski definition) is 3. The van der Waals surface area contributed by atoms with Gasteiger partial charge in [-0.15, -0.1) is 0 Å². The van der Waals surface area contributed by atoms with Gasteiger partial charge < -0.3 is 10.4 Å². The molecule has 1 aromatic rings. The summed E-state index contributed by atoms with van der Waals surface area (Å²) in [5.41, 5.74) is 1.09. The van der Waals surface area contributed by atoms with Crippen LogP contribution in [0.4, 0.5) is 5.82 Å². The molecule has 2 rings (SSSR count). The van der Waals surface area contributed by atoms with E-state index >= 15 is 0 Å². The quantitative estimate of drug-likeness (QED) is 0.844. The highest BCUT2D eigenvalue weighted by atomic mass is 16.4. The van der Waals surface area contributed by atoms with Crippen LogP contribution in [0.2, 0.25) is 0 Å². The Labute approximate surface area is 101 Å². The molecule has 0 amide bonds. The second-order valence-electron chi connectivity index (χ2n) is 5.08. The van der Waals surface area contributed by atoms with Gasteiger partial charge in [-0.1, -0.05) is 12.8 Å². The number of hydrogen-bond donors (Lipinski definition) is 2. The molecule has 92 valence electrons. The number of nitrogens with one attached hydrogen (secondary N) is 1. The minimum absolute atomic E-state index is 0.0660. The molecule has 1 heterocycles. The topological polar surface area (TPSA) is 62.2 Å². The fraction of sp³-hybridized carbons (Fsp3) is 0.538. The molecule has 0 saturated heterocycles. The monoisotopic (exact) mass is 234 g/mol. The van der Waals surface area contributed by atoms with Crippen LogP contribution >= 0.6 is 0 Å². The second kappa shape index (κ2) is 4.35. The van der Waals surface area contributed by atoms with E-state index in [9.17, 15) is 4.79 Å². The van der Waals surface area contributed by atoms with Gasteiger partial charge >= 0.3 is 5.97 Å². The molecule has 1 aliphatic rings. The van der Waals surface area contributed by atoms with Crippen LogP contribution < -0.4 is 5.32 Å². The van der Waals surface area contributed by atoms with Crippen LogP contribution in [-0.2, 0) is 0 Å². The van der Waals surface area contributed by atoms with E-state index in [-0.39, 0.29) is 5.54 Å². The van der Waals surface area contributed by atoms with Crippen molar-refractivity contribution in [2.45, 2.75) is 45.1 Å². The molecule has 1 saturated carbocycles. The van der Waals surface area contributed by atoms with Crippen molar-refractivity contribution in [2.75, 3.05) is 5.32 Å². The molecule has 0 atom stereocenters. The normalized spacial score (nSPS) is 18.0. The molecule has 0 aromatic carbocycles. The second-order valence-corrected chi connectivity index (χ2v) is 5.08. The number of aromatic carboxylic acids is 1. The maximum absolute atomic E-state index is 11.0. The average molecular weight is 234 g/mol. The molecule has 4 heteroatoms. The average Bonchev–Trinajstić information content (AvgIpc) is 2.63. The molecular weight excluding hydrogens is 216 g/mol. The van der Waals surface area contributed by atoms with Gasteiger partial charge in [-0.25, -0.2) is 9.78 Å². The summed E-state index contributed by atoms with van der Waals surface area (Å²) in [4.78, 5) is 15.3. The van der Waals surface area contributed by atoms with Gasteiger partial charge in [-0.05, 0) is 38.8 Å². The third kappa shape index (κ3) is 2.75. The number of carboxylic acid groups (broad SMARTS) is 1. The third-order valence-corrected chi connectivity index (χ3v) is 3.34. The summed E-state index contributed by atoms with van der Waals surface area (Å²) in [7, 11) is 0. The zero-order valence-electron chi connectivity index (χ0n) is 10.3. The number of aromatic nitrogens is 1. The van der Waals surface area contributed by atoms with E-state index in [0.717, 1.165) is 18.5 Å². The van der Waals surface area contributed by atoms with E-state index in [1.54, 1.807) is 12.1 Å². The van der Waals surface area contributed by atoms with Crippen molar-refractivity contribution in [3.8, 4) is 0 Å². The number of nitrogens with zero attached hydrogens (tertiary/aromatic N) is 1. The Morgan fingerprint density at radius 3 is 2.65 bits per heavy atom. The van der Waals surface area contributed by atoms with Crippen molar-refractivity contribution < 1.29 is 9.90 Å². The van der Waals surface area contributed by atoms with Gasteiger partial charge in [-0.2, -0.15) is 0 Å². The number of carboxylic acids is 1. The maximum Gasteiger partial charge on any atom is 0.335 e. The number of anilines is 1. The van der Waals surface area contributed by atoms with Gasteiger partial charge in [-0.3, -0.25) is 0 Å². The van der Waals surface area contributed by atoms with Crippen LogP contribution in [-0.4, -0.2) is 21.6 Å². The Balaban J connectivity index is 2.23. The van der Waals surface area contributed by atoms with Crippen LogP contribution in [0, 0.1) is 6.92 Å². The van der Waals surface area contributed by atoms with Crippen LogP contribution in [0.15, 0.2) is 12.1 Å². The van der Waals surface area contributed by atoms with E-state index in [4.69, 9.17) is 5.11 Å². The van der Waals surface area contributed by atoms with Gasteiger partial charge in [0.2, 0.25) is 0 Å². The number of pyridine rings is 1. The largest absolute Gasteiger partial charge is 0.478 e. The highest BCUT2D eigenvalue weighted by Gasteiger charge is 2.28. The number of carbonyl (C=O) groups is 1. The summed E-state index contributed by atoms with van der Waals surface area (Å²) in [6.07, 6.45) is 4.68. The lowest BCUT2D eigenvalue weighted by atomic mass is 10.0. The summed E-state index contributed by atoms with van der Waals surface area (Å²) in [5, 5.41) is 12.4. The maximum atomic E-state index is 11.0. The summed E-state index contributed by atoms with van der Waals surface area (Å²) in [6, 6.07) is 3.20. The molecule has 0 spiro atoms. The Morgan fingerprint density at radius 1 is 1.41 bits per heavy atom. The number of rotatable bonds is 3. The minimum atomic E-state index is -0.907. The molecule has 17 heavy (non-hydrogen) atoms. The zero-order chi connectivity index (χ0) is 12.5. The molecule has 0 unspecified atom stereocenters. The summed E-state index contributed by atoms with van der Waals surface area (Å²) < 4.78 is 0. The summed E-state index contributed by atoms with van der Waals surface area (Å²) in [5.74, 6) is -0.234. The molecule has 1 aliphatic carbocycles. The molecule has 4 nitrogen and oxygen atoms in total. The highest BCUT2D eigenvalue weighted by Crippen LogP contribution is 2.32. The lowest BCUT2D eigenvalue weighted by molar-refractivity contribution is 0.0696. The zero-order valence-corrected chi connectivity index (χ0v) is 10.3. The van der Waals surface area contributed by atoms with Gasteiger partial charge in [0.25, 0.3) is 0 Å². The van der Waals surface area contributed by atoms with Gasteiger partial charge in [0, 0.05) is 11.2 Å². The predicted octanol–water partition coefficient (Wildman–Crippen LogP) is 2.83. The summed E-state index contributed by atoms with van der Waals surface area (Å²) in [6.45, 7) is 3.99. The highest BCUT2D eigenvalue weighted by molar-refractivity contribution is 5.88. The lowest BCUT2D eigenvalue weighted by Crippen LogP contribution is -2.31. The first-order valence-corrected chi connectivity index (χ1v) is 5.99. The van der Waals surface area contributed by atoms with E-state index in [1.165, 1.54) is 12.8 Å². The first kappa shape index (κ1) is 11.9. The molecule has 1 fully saturated rings. The molecule has 0 bridgehead atoms. The van der Waals surface area contributed by atoms with Crippen molar-refractivity contribution in [3.63, 3.8) is 0 Å². The molecule has 2 N–H and O–H groups in total. The van der Waals surface area contributed by atoms with E-state index in [2.05, 4.69) is 17.2 Å². The number of aryl methyl sites for hydroxylation is 1. The van der Waals surface area contributed by atoms with Crippen LogP contribution in [0.25, 0.3) is 0 Å². The smallest absolute Gasteiger partial charge is 0.335 e. The molecule has 1 aromatic heterocycles. The van der Waals surface area contributed by atoms with E-state index < -0.39 is 5.97 Å². The van der Waals surface area contributed by atoms with Crippen LogP contribution in [0.5, 0.6) is 0 Å². The molecular formula is C13H18N2O2. The van der Waals surface area contributed by atoms with Crippen LogP contribution in [0.3, 0.4) is 0 Å². The van der Waals surface area contributed by atoms with Crippen molar-refractivity contribution in [1.82, 2.24) is 4.98 Å². The van der Waals surface area contributed by atoms with Gasteiger partial charge in [0.1, 0.15) is 5.82 Å². The van der Waals surface area contributed by atoms with Crippen molar-refractivity contribution in [3.05, 3.63) is 23.4 Å². The molecule has 0 aliphatic heterocycles.